The summed E-state index contributed by atoms with van der Waals surface area (Å²) in [7, 11) is 0. The third-order valence-corrected chi connectivity index (χ3v) is 5.31. The molecule has 27 heavy (non-hydrogen) atoms. The maximum atomic E-state index is 12.4. The number of carbonyl (C=O) groups excluding carboxylic acids is 1. The quantitative estimate of drug-likeness (QED) is 0.728. The van der Waals surface area contributed by atoms with E-state index in [1.807, 2.05) is 25.1 Å². The molecular formula is C19H26ClN3O3S. The van der Waals surface area contributed by atoms with Crippen LogP contribution < -0.4 is 15.8 Å². The zero-order valence-corrected chi connectivity index (χ0v) is 17.0. The van der Waals surface area contributed by atoms with E-state index in [1.165, 1.54) is 11.3 Å². The maximum Gasteiger partial charge on any atom is 0.275 e. The number of hydrogen-bond donors (Lipinski definition) is 2. The second kappa shape index (κ2) is 10.6. The first-order chi connectivity index (χ1) is 12.7. The van der Waals surface area contributed by atoms with Crippen LogP contribution in [0.4, 0.5) is 5.69 Å². The van der Waals surface area contributed by atoms with Crippen LogP contribution in [-0.2, 0) is 11.2 Å². The van der Waals surface area contributed by atoms with Gasteiger partial charge in [0.15, 0.2) is 0 Å². The Kier molecular flexibility index (Phi) is 8.50. The number of rotatable bonds is 7. The smallest absolute Gasteiger partial charge is 0.275 e. The van der Waals surface area contributed by atoms with E-state index < -0.39 is 0 Å². The Morgan fingerprint density at radius 3 is 2.93 bits per heavy atom. The van der Waals surface area contributed by atoms with Gasteiger partial charge in [0.05, 0.1) is 11.6 Å². The third-order valence-electron chi connectivity index (χ3n) is 4.40. The topological polar surface area (TPSA) is 86.5 Å². The highest BCUT2D eigenvalue weighted by Gasteiger charge is 2.16. The lowest BCUT2D eigenvalue weighted by molar-refractivity contribution is 0.0496. The van der Waals surface area contributed by atoms with Crippen LogP contribution in [0.3, 0.4) is 0 Å². The van der Waals surface area contributed by atoms with Crippen molar-refractivity contribution in [3.8, 4) is 5.75 Å². The van der Waals surface area contributed by atoms with Crippen molar-refractivity contribution in [1.29, 1.82) is 0 Å². The Labute approximate surface area is 169 Å². The number of nitrogens with two attached hydrogens (primary N) is 1. The molecule has 6 nitrogen and oxygen atoms in total. The van der Waals surface area contributed by atoms with Crippen molar-refractivity contribution in [2.45, 2.75) is 26.2 Å². The number of aryl methyl sites for hydroxylation is 1. The minimum absolute atomic E-state index is 0. The van der Waals surface area contributed by atoms with Crippen molar-refractivity contribution in [3.63, 3.8) is 0 Å². The first kappa shape index (κ1) is 21.6. The van der Waals surface area contributed by atoms with E-state index in [-0.39, 0.29) is 18.3 Å². The maximum absolute atomic E-state index is 12.4. The summed E-state index contributed by atoms with van der Waals surface area (Å²) in [6.07, 6.45) is 2.75. The molecule has 0 atom stereocenters. The molecule has 1 saturated heterocycles. The normalized spacial score (nSPS) is 14.4. The molecule has 0 radical (unpaired) electrons. The lowest BCUT2D eigenvalue weighted by Crippen LogP contribution is -2.21. The van der Waals surface area contributed by atoms with Crippen LogP contribution >= 0.6 is 23.7 Å². The number of amides is 1. The molecule has 0 unspecified atom stereocenters. The third kappa shape index (κ3) is 6.17. The molecule has 1 aliphatic heterocycles. The average molecular weight is 412 g/mol. The number of carbonyl (C=O) groups is 1. The van der Waals surface area contributed by atoms with Crippen LogP contribution in [0.2, 0.25) is 0 Å². The van der Waals surface area contributed by atoms with E-state index in [0.29, 0.717) is 36.9 Å². The fourth-order valence-electron chi connectivity index (χ4n) is 2.80. The molecule has 2 heterocycles. The number of thiazole rings is 1. The van der Waals surface area contributed by atoms with E-state index in [4.69, 9.17) is 15.2 Å². The first-order valence-corrected chi connectivity index (χ1v) is 9.80. The van der Waals surface area contributed by atoms with Gasteiger partial charge in [-0.1, -0.05) is 6.07 Å². The minimum atomic E-state index is -0.219. The molecule has 0 bridgehead atoms. The Balaban J connectivity index is 0.00000261. The lowest BCUT2D eigenvalue weighted by atomic mass is 10.0. The summed E-state index contributed by atoms with van der Waals surface area (Å²) in [6.45, 7) is 4.83. The Hall–Kier alpha value is -1.67. The van der Waals surface area contributed by atoms with Gasteiger partial charge in [0.2, 0.25) is 0 Å². The van der Waals surface area contributed by atoms with Gasteiger partial charge in [-0.3, -0.25) is 4.79 Å². The zero-order valence-electron chi connectivity index (χ0n) is 15.4. The van der Waals surface area contributed by atoms with Crippen LogP contribution in [0.1, 0.15) is 33.9 Å². The van der Waals surface area contributed by atoms with Crippen molar-refractivity contribution in [2.24, 2.45) is 11.7 Å². The van der Waals surface area contributed by atoms with Gasteiger partial charge in [-0.2, -0.15) is 0 Å². The van der Waals surface area contributed by atoms with E-state index in [2.05, 4.69) is 10.3 Å². The summed E-state index contributed by atoms with van der Waals surface area (Å²) >= 11 is 1.46. The van der Waals surface area contributed by atoms with Crippen molar-refractivity contribution < 1.29 is 14.3 Å². The summed E-state index contributed by atoms with van der Waals surface area (Å²) < 4.78 is 11.4. The molecule has 0 aliphatic carbocycles. The summed E-state index contributed by atoms with van der Waals surface area (Å²) in [5, 5.41) is 5.53. The molecule has 3 N–H and O–H groups in total. The molecule has 0 saturated carbocycles. The van der Waals surface area contributed by atoms with Crippen LogP contribution in [0.25, 0.3) is 0 Å². The fraction of sp³-hybridized carbons (Fsp3) is 0.474. The van der Waals surface area contributed by atoms with Gasteiger partial charge in [0.25, 0.3) is 5.91 Å². The predicted molar refractivity (Wildman–Crippen MR) is 110 cm³/mol. The molecule has 0 spiro atoms. The van der Waals surface area contributed by atoms with Crippen molar-refractivity contribution in [3.05, 3.63) is 39.8 Å². The highest BCUT2D eigenvalue weighted by atomic mass is 35.5. The molecule has 1 fully saturated rings. The largest absolute Gasteiger partial charge is 0.493 e. The second-order valence-electron chi connectivity index (χ2n) is 6.47. The van der Waals surface area contributed by atoms with Crippen molar-refractivity contribution in [2.75, 3.05) is 31.7 Å². The van der Waals surface area contributed by atoms with Crippen molar-refractivity contribution in [1.82, 2.24) is 4.98 Å². The second-order valence-corrected chi connectivity index (χ2v) is 7.41. The van der Waals surface area contributed by atoms with E-state index in [1.54, 1.807) is 5.38 Å². The molecule has 1 aliphatic rings. The molecule has 148 valence electrons. The highest BCUT2D eigenvalue weighted by molar-refractivity contribution is 7.09. The Morgan fingerprint density at radius 2 is 2.19 bits per heavy atom. The van der Waals surface area contributed by atoms with Crippen molar-refractivity contribution >= 4 is 35.3 Å². The minimum Gasteiger partial charge on any atom is -0.493 e. The number of halogens is 1. The highest BCUT2D eigenvalue weighted by Crippen LogP contribution is 2.25. The molecule has 2 aromatic rings. The van der Waals surface area contributed by atoms with Gasteiger partial charge in [-0.05, 0) is 43.9 Å². The summed E-state index contributed by atoms with van der Waals surface area (Å²) in [5.41, 5.74) is 7.70. The van der Waals surface area contributed by atoms with E-state index in [0.717, 1.165) is 42.4 Å². The average Bonchev–Trinajstić information content (AvgIpc) is 3.12. The summed E-state index contributed by atoms with van der Waals surface area (Å²) in [4.78, 5) is 16.7. The molecule has 3 rings (SSSR count). The zero-order chi connectivity index (χ0) is 18.4. The van der Waals surface area contributed by atoms with Gasteiger partial charge in [-0.15, -0.1) is 23.7 Å². The van der Waals surface area contributed by atoms with Crippen LogP contribution in [0.5, 0.6) is 5.75 Å². The molecule has 1 aromatic carbocycles. The van der Waals surface area contributed by atoms with E-state index >= 15 is 0 Å². The van der Waals surface area contributed by atoms with Crippen LogP contribution in [-0.4, -0.2) is 37.3 Å². The molecule has 1 amide bonds. The number of aromatic nitrogens is 1. The number of nitrogens with zero attached hydrogens (tertiary/aromatic N) is 1. The standard InChI is InChI=1S/C19H25N3O3S.ClH/c1-13-2-3-15(10-17(13)25-11-14-5-8-24-9-6-14)21-19(23)16-12-26-18(22-16)4-7-20;/h2-3,10,12,14H,4-9,11,20H2,1H3,(H,21,23);1H. The Bertz CT molecular complexity index is 748. The molecular weight excluding hydrogens is 386 g/mol. The predicted octanol–water partition coefficient (Wildman–Crippen LogP) is 3.43. The number of anilines is 1. The summed E-state index contributed by atoms with van der Waals surface area (Å²) in [6, 6.07) is 5.71. The van der Waals surface area contributed by atoms with E-state index in [9.17, 15) is 4.79 Å². The number of hydrogen-bond acceptors (Lipinski definition) is 6. The van der Waals surface area contributed by atoms with Gasteiger partial charge in [0.1, 0.15) is 11.4 Å². The van der Waals surface area contributed by atoms with Gasteiger partial charge < -0.3 is 20.5 Å². The van der Waals surface area contributed by atoms with Gasteiger partial charge in [0, 0.05) is 36.8 Å². The number of nitrogens with one attached hydrogen (secondary N) is 1. The Morgan fingerprint density at radius 1 is 1.41 bits per heavy atom. The van der Waals surface area contributed by atoms with Crippen LogP contribution in [0.15, 0.2) is 23.6 Å². The number of benzene rings is 1. The van der Waals surface area contributed by atoms with Gasteiger partial charge in [-0.25, -0.2) is 4.98 Å². The van der Waals surface area contributed by atoms with Crippen LogP contribution in [0, 0.1) is 12.8 Å². The molecule has 1 aromatic heterocycles. The lowest BCUT2D eigenvalue weighted by Gasteiger charge is -2.22. The first-order valence-electron chi connectivity index (χ1n) is 8.92. The molecule has 8 heteroatoms. The number of ether oxygens (including phenoxy) is 2. The summed E-state index contributed by atoms with van der Waals surface area (Å²) in [5.74, 6) is 1.11. The monoisotopic (exact) mass is 411 g/mol. The SMILES string of the molecule is Cc1ccc(NC(=O)c2csc(CCN)n2)cc1OCC1CCOCC1.Cl. The van der Waals surface area contributed by atoms with Gasteiger partial charge >= 0.3 is 0 Å². The fourth-order valence-corrected chi connectivity index (χ4v) is 3.60.